The second-order valence-electron chi connectivity index (χ2n) is 3.79. The van der Waals surface area contributed by atoms with Gasteiger partial charge in [0.1, 0.15) is 0 Å². The number of carbonyl (C=O) groups is 2. The molecule has 94 valence electrons. The van der Waals surface area contributed by atoms with Crippen molar-refractivity contribution in [3.05, 3.63) is 11.4 Å². The van der Waals surface area contributed by atoms with Crippen LogP contribution in [0.1, 0.15) is 35.4 Å². The zero-order valence-corrected chi connectivity index (χ0v) is 9.75. The summed E-state index contributed by atoms with van der Waals surface area (Å²) in [5, 5.41) is 9.12. The lowest BCUT2D eigenvalue weighted by molar-refractivity contribution is -0.118. The Morgan fingerprint density at radius 3 is 2.65 bits per heavy atom. The predicted octanol–water partition coefficient (Wildman–Crippen LogP) is -0.314. The van der Waals surface area contributed by atoms with E-state index >= 15 is 0 Å². The number of H-pyrrole nitrogens is 1. The third-order valence-electron chi connectivity index (χ3n) is 2.35. The molecule has 1 rings (SSSR count). The van der Waals surface area contributed by atoms with E-state index in [2.05, 4.69) is 15.5 Å². The zero-order valence-electron chi connectivity index (χ0n) is 9.75. The molecule has 7 heteroatoms. The van der Waals surface area contributed by atoms with Crippen molar-refractivity contribution in [3.63, 3.8) is 0 Å². The van der Waals surface area contributed by atoms with Crippen molar-refractivity contribution in [2.45, 2.75) is 26.2 Å². The minimum atomic E-state index is -0.330. The molecule has 0 atom stereocenters. The fourth-order valence-electron chi connectivity index (χ4n) is 1.32. The Bertz CT molecular complexity index is 413. The van der Waals surface area contributed by atoms with Crippen LogP contribution in [0.2, 0.25) is 0 Å². The quantitative estimate of drug-likeness (QED) is 0.507. The van der Waals surface area contributed by atoms with Crippen LogP contribution in [-0.2, 0) is 4.79 Å². The van der Waals surface area contributed by atoms with E-state index in [-0.39, 0.29) is 17.5 Å². The summed E-state index contributed by atoms with van der Waals surface area (Å²) in [4.78, 5) is 22.1. The Balaban J connectivity index is 2.31. The lowest BCUT2D eigenvalue weighted by Crippen LogP contribution is -2.25. The van der Waals surface area contributed by atoms with Crippen molar-refractivity contribution in [3.8, 4) is 0 Å². The van der Waals surface area contributed by atoms with Crippen LogP contribution < -0.4 is 16.8 Å². The van der Waals surface area contributed by atoms with Crippen LogP contribution >= 0.6 is 0 Å². The number of aromatic nitrogens is 2. The number of aromatic amines is 1. The topological polar surface area (TPSA) is 127 Å². The first kappa shape index (κ1) is 13.0. The van der Waals surface area contributed by atoms with Crippen molar-refractivity contribution in [2.75, 3.05) is 12.3 Å². The number of nitrogens with two attached hydrogens (primary N) is 2. The maximum Gasteiger partial charge on any atom is 0.273 e. The number of nitrogen functional groups attached to an aromatic ring is 1. The summed E-state index contributed by atoms with van der Waals surface area (Å²) in [6, 6.07) is 0. The largest absolute Gasteiger partial charge is 0.395 e. The summed E-state index contributed by atoms with van der Waals surface area (Å²) in [5.74, 6) is -0.644. The lowest BCUT2D eigenvalue weighted by Gasteiger charge is -2.03. The van der Waals surface area contributed by atoms with Crippen molar-refractivity contribution in [1.82, 2.24) is 15.5 Å². The molecule has 0 fully saturated rings. The number of unbranched alkanes of at least 4 members (excludes halogenated alkanes) is 1. The van der Waals surface area contributed by atoms with Gasteiger partial charge in [-0.05, 0) is 19.8 Å². The van der Waals surface area contributed by atoms with Crippen molar-refractivity contribution < 1.29 is 9.59 Å². The van der Waals surface area contributed by atoms with Gasteiger partial charge in [0.2, 0.25) is 5.91 Å². The number of amides is 2. The number of primary amides is 1. The first-order valence-corrected chi connectivity index (χ1v) is 5.39. The van der Waals surface area contributed by atoms with Gasteiger partial charge in [-0.3, -0.25) is 14.7 Å². The van der Waals surface area contributed by atoms with Crippen LogP contribution in [0.3, 0.4) is 0 Å². The second-order valence-corrected chi connectivity index (χ2v) is 3.79. The number of rotatable bonds is 6. The molecule has 0 spiro atoms. The fourth-order valence-corrected chi connectivity index (χ4v) is 1.32. The fraction of sp³-hybridized carbons (Fsp3) is 0.500. The van der Waals surface area contributed by atoms with Crippen molar-refractivity contribution in [2.24, 2.45) is 5.73 Å². The van der Waals surface area contributed by atoms with Crippen LogP contribution in [0.25, 0.3) is 0 Å². The van der Waals surface area contributed by atoms with E-state index in [1.807, 2.05) is 0 Å². The highest BCUT2D eigenvalue weighted by Gasteiger charge is 2.14. The maximum absolute atomic E-state index is 11.6. The first-order chi connectivity index (χ1) is 8.02. The SMILES string of the molecule is Cc1[nH]nc(C(=O)NCCCCC(N)=O)c1N. The van der Waals surface area contributed by atoms with Crippen LogP contribution in [0.5, 0.6) is 0 Å². The molecule has 0 bridgehead atoms. The number of hydrogen-bond acceptors (Lipinski definition) is 4. The molecule has 1 aromatic heterocycles. The van der Waals surface area contributed by atoms with Gasteiger partial charge in [0.05, 0.1) is 11.4 Å². The van der Waals surface area contributed by atoms with Crippen molar-refractivity contribution >= 4 is 17.5 Å². The summed E-state index contributed by atoms with van der Waals surface area (Å²) in [5.41, 5.74) is 11.9. The van der Waals surface area contributed by atoms with E-state index in [0.717, 1.165) is 0 Å². The van der Waals surface area contributed by atoms with E-state index in [4.69, 9.17) is 11.5 Å². The third-order valence-corrected chi connectivity index (χ3v) is 2.35. The van der Waals surface area contributed by atoms with Gasteiger partial charge >= 0.3 is 0 Å². The van der Waals surface area contributed by atoms with E-state index < -0.39 is 0 Å². The smallest absolute Gasteiger partial charge is 0.273 e. The van der Waals surface area contributed by atoms with E-state index in [1.54, 1.807) is 6.92 Å². The molecule has 0 radical (unpaired) electrons. The molecule has 1 heterocycles. The number of nitrogens with zero attached hydrogens (tertiary/aromatic N) is 1. The van der Waals surface area contributed by atoms with Gasteiger partial charge in [-0.1, -0.05) is 0 Å². The van der Waals surface area contributed by atoms with Crippen LogP contribution in [0.15, 0.2) is 0 Å². The highest BCUT2D eigenvalue weighted by molar-refractivity contribution is 5.97. The molecule has 0 saturated carbocycles. The monoisotopic (exact) mass is 239 g/mol. The van der Waals surface area contributed by atoms with Gasteiger partial charge in [0, 0.05) is 13.0 Å². The molecule has 0 saturated heterocycles. The molecule has 0 aromatic carbocycles. The molecule has 6 N–H and O–H groups in total. The average Bonchev–Trinajstić information content (AvgIpc) is 2.59. The Morgan fingerprint density at radius 2 is 2.12 bits per heavy atom. The van der Waals surface area contributed by atoms with Gasteiger partial charge in [0.25, 0.3) is 5.91 Å². The summed E-state index contributed by atoms with van der Waals surface area (Å²) in [6.07, 6.45) is 1.68. The minimum Gasteiger partial charge on any atom is -0.395 e. The van der Waals surface area contributed by atoms with Gasteiger partial charge in [-0.15, -0.1) is 0 Å². The normalized spacial score (nSPS) is 10.2. The zero-order chi connectivity index (χ0) is 12.8. The molecule has 0 aliphatic rings. The third kappa shape index (κ3) is 3.78. The van der Waals surface area contributed by atoms with Gasteiger partial charge in [0.15, 0.2) is 5.69 Å². The summed E-state index contributed by atoms with van der Waals surface area (Å²) in [7, 11) is 0. The average molecular weight is 239 g/mol. The summed E-state index contributed by atoms with van der Waals surface area (Å²) in [6.45, 7) is 2.21. The first-order valence-electron chi connectivity index (χ1n) is 5.39. The van der Waals surface area contributed by atoms with E-state index in [1.165, 1.54) is 0 Å². The minimum absolute atomic E-state index is 0.206. The Labute approximate surface area is 98.9 Å². The van der Waals surface area contributed by atoms with Gasteiger partial charge in [-0.2, -0.15) is 5.10 Å². The maximum atomic E-state index is 11.6. The Hall–Kier alpha value is -2.05. The molecule has 17 heavy (non-hydrogen) atoms. The summed E-state index contributed by atoms with van der Waals surface area (Å²) < 4.78 is 0. The van der Waals surface area contributed by atoms with Gasteiger partial charge < -0.3 is 16.8 Å². The van der Waals surface area contributed by atoms with Crippen molar-refractivity contribution in [1.29, 1.82) is 0 Å². The summed E-state index contributed by atoms with van der Waals surface area (Å²) >= 11 is 0. The molecule has 1 aromatic rings. The second kappa shape index (κ2) is 5.88. The number of carbonyl (C=O) groups excluding carboxylic acids is 2. The highest BCUT2D eigenvalue weighted by atomic mass is 16.2. The Kier molecular flexibility index (Phi) is 4.50. The van der Waals surface area contributed by atoms with Gasteiger partial charge in [-0.25, -0.2) is 0 Å². The van der Waals surface area contributed by atoms with Crippen LogP contribution in [-0.4, -0.2) is 28.6 Å². The number of anilines is 1. The lowest BCUT2D eigenvalue weighted by atomic mass is 10.2. The molecule has 7 nitrogen and oxygen atoms in total. The number of hydrogen-bond donors (Lipinski definition) is 4. The molecular weight excluding hydrogens is 222 g/mol. The van der Waals surface area contributed by atoms with Crippen LogP contribution in [0.4, 0.5) is 5.69 Å². The molecule has 0 unspecified atom stereocenters. The number of nitrogens with one attached hydrogen (secondary N) is 2. The standard InChI is InChI=1S/C10H17N5O2/c1-6-8(12)9(15-14-6)10(17)13-5-3-2-4-7(11)16/h2-5,12H2,1H3,(H2,11,16)(H,13,17)(H,14,15). The van der Waals surface area contributed by atoms with Crippen LogP contribution in [0, 0.1) is 6.92 Å². The molecule has 0 aliphatic carbocycles. The predicted molar refractivity (Wildman–Crippen MR) is 63.1 cm³/mol. The van der Waals surface area contributed by atoms with E-state index in [0.29, 0.717) is 37.2 Å². The molecular formula is C10H17N5O2. The number of aryl methyl sites for hydroxylation is 1. The molecule has 0 aliphatic heterocycles. The Morgan fingerprint density at radius 1 is 1.41 bits per heavy atom. The highest BCUT2D eigenvalue weighted by Crippen LogP contribution is 2.11. The van der Waals surface area contributed by atoms with E-state index in [9.17, 15) is 9.59 Å². The molecule has 2 amide bonds.